The number of benzene rings is 1. The quantitative estimate of drug-likeness (QED) is 0.526. The zero-order chi connectivity index (χ0) is 19.0. The number of rotatable bonds is 1. The molecule has 1 aromatic rings. The number of carbonyl (C=O) groups excluding carboxylic acids is 2. The van der Waals surface area contributed by atoms with E-state index in [0.717, 1.165) is 28.2 Å². The first-order valence-corrected chi connectivity index (χ1v) is 8.61. The topological polar surface area (TPSA) is 37.4 Å². The number of halogens is 4. The number of alkyl halides is 3. The molecule has 1 saturated heterocycles. The van der Waals surface area contributed by atoms with E-state index in [0.29, 0.717) is 0 Å². The van der Waals surface area contributed by atoms with Crippen molar-refractivity contribution in [2.24, 2.45) is 23.7 Å². The van der Waals surface area contributed by atoms with Crippen LogP contribution in [0.3, 0.4) is 0 Å². The van der Waals surface area contributed by atoms with E-state index < -0.39 is 40.4 Å². The minimum atomic E-state index is -4.66. The molecular formula is C19H15ClF3NO2. The summed E-state index contributed by atoms with van der Waals surface area (Å²) in [6.07, 6.45) is -0.789. The molecule has 1 saturated carbocycles. The SMILES string of the molecule is CC(C)=C1[C@H]2C=C[C@H]1[C@H]1C(=O)N(c3ccc(Cl)c(C(F)(F)F)c3)C(=O)[C@@H]12. The zero-order valence-electron chi connectivity index (χ0n) is 14.0. The van der Waals surface area contributed by atoms with Crippen LogP contribution in [0, 0.1) is 23.7 Å². The number of amides is 2. The highest BCUT2D eigenvalue weighted by Gasteiger charge is 2.62. The molecule has 2 amide bonds. The predicted molar refractivity (Wildman–Crippen MR) is 90.4 cm³/mol. The Bertz CT molecular complexity index is 865. The van der Waals surface area contributed by atoms with Crippen molar-refractivity contribution in [3.8, 4) is 0 Å². The molecule has 2 aliphatic carbocycles. The molecule has 4 atom stereocenters. The molecule has 1 heterocycles. The molecule has 2 bridgehead atoms. The second-order valence-electron chi connectivity index (χ2n) is 7.12. The third kappa shape index (κ3) is 2.21. The number of hydrogen-bond acceptors (Lipinski definition) is 2. The second-order valence-corrected chi connectivity index (χ2v) is 7.52. The summed E-state index contributed by atoms with van der Waals surface area (Å²) in [5.41, 5.74) is 1.04. The van der Waals surface area contributed by atoms with Gasteiger partial charge in [0.25, 0.3) is 0 Å². The van der Waals surface area contributed by atoms with Crippen LogP contribution in [0.4, 0.5) is 18.9 Å². The Hall–Kier alpha value is -2.08. The van der Waals surface area contributed by atoms with Gasteiger partial charge < -0.3 is 0 Å². The Balaban J connectivity index is 1.76. The van der Waals surface area contributed by atoms with Gasteiger partial charge in [0, 0.05) is 11.8 Å². The summed E-state index contributed by atoms with van der Waals surface area (Å²) in [6.45, 7) is 3.90. The van der Waals surface area contributed by atoms with Gasteiger partial charge in [-0.25, -0.2) is 4.90 Å². The molecular weight excluding hydrogens is 367 g/mol. The number of fused-ring (bicyclic) bond motifs is 5. The lowest BCUT2D eigenvalue weighted by Gasteiger charge is -2.20. The minimum absolute atomic E-state index is 0.0794. The van der Waals surface area contributed by atoms with Gasteiger partial charge in [0.05, 0.1) is 28.1 Å². The maximum Gasteiger partial charge on any atom is 0.417 e. The molecule has 136 valence electrons. The molecule has 7 heteroatoms. The lowest BCUT2D eigenvalue weighted by molar-refractivity contribution is -0.137. The fraction of sp³-hybridized carbons (Fsp3) is 0.368. The highest BCUT2D eigenvalue weighted by molar-refractivity contribution is 6.31. The van der Waals surface area contributed by atoms with Crippen LogP contribution in [0.5, 0.6) is 0 Å². The van der Waals surface area contributed by atoms with E-state index in [1.165, 1.54) is 6.07 Å². The zero-order valence-corrected chi connectivity index (χ0v) is 14.7. The first-order valence-electron chi connectivity index (χ1n) is 8.23. The van der Waals surface area contributed by atoms with Gasteiger partial charge in [-0.1, -0.05) is 34.9 Å². The van der Waals surface area contributed by atoms with Crippen LogP contribution < -0.4 is 4.90 Å². The first kappa shape index (κ1) is 17.3. The van der Waals surface area contributed by atoms with Gasteiger partial charge in [-0.05, 0) is 32.0 Å². The normalized spacial score (nSPS) is 29.8. The summed E-state index contributed by atoms with van der Waals surface area (Å²) in [6, 6.07) is 3.13. The predicted octanol–water partition coefficient (Wildman–Crippen LogP) is 4.62. The van der Waals surface area contributed by atoms with Crippen molar-refractivity contribution >= 4 is 29.1 Å². The first-order chi connectivity index (χ1) is 12.1. The summed E-state index contributed by atoms with van der Waals surface area (Å²) in [4.78, 5) is 26.8. The van der Waals surface area contributed by atoms with Crippen molar-refractivity contribution < 1.29 is 22.8 Å². The van der Waals surface area contributed by atoms with E-state index in [4.69, 9.17) is 11.6 Å². The molecule has 0 radical (unpaired) electrons. The van der Waals surface area contributed by atoms with E-state index >= 15 is 0 Å². The van der Waals surface area contributed by atoms with Gasteiger partial charge >= 0.3 is 6.18 Å². The van der Waals surface area contributed by atoms with Crippen molar-refractivity contribution in [2.75, 3.05) is 4.90 Å². The molecule has 0 N–H and O–H groups in total. The highest BCUT2D eigenvalue weighted by atomic mass is 35.5. The van der Waals surface area contributed by atoms with Gasteiger partial charge in [0.2, 0.25) is 11.8 Å². The largest absolute Gasteiger partial charge is 0.417 e. The average Bonchev–Trinajstić information content (AvgIpc) is 3.17. The summed E-state index contributed by atoms with van der Waals surface area (Å²) in [5, 5.41) is -0.464. The molecule has 26 heavy (non-hydrogen) atoms. The molecule has 2 fully saturated rings. The molecule has 0 unspecified atom stereocenters. The van der Waals surface area contributed by atoms with Gasteiger partial charge in [0.15, 0.2) is 0 Å². The average molecular weight is 382 g/mol. The number of carbonyl (C=O) groups is 2. The van der Waals surface area contributed by atoms with Crippen molar-refractivity contribution in [2.45, 2.75) is 20.0 Å². The molecule has 4 rings (SSSR count). The van der Waals surface area contributed by atoms with Crippen molar-refractivity contribution in [3.05, 3.63) is 52.1 Å². The Labute approximate surface area is 153 Å². The molecule has 1 aromatic carbocycles. The van der Waals surface area contributed by atoms with Gasteiger partial charge in [0.1, 0.15) is 0 Å². The second kappa shape index (κ2) is 5.46. The maximum absolute atomic E-state index is 13.1. The van der Waals surface area contributed by atoms with Crippen molar-refractivity contribution in [3.63, 3.8) is 0 Å². The van der Waals surface area contributed by atoms with E-state index in [-0.39, 0.29) is 17.5 Å². The highest BCUT2D eigenvalue weighted by Crippen LogP contribution is 2.57. The number of nitrogens with zero attached hydrogens (tertiary/aromatic N) is 1. The monoisotopic (exact) mass is 381 g/mol. The standard InChI is InChI=1S/C19H15ClF3NO2/c1-8(2)14-10-4-5-11(14)16-15(10)17(25)24(18(16)26)9-3-6-13(20)12(7-9)19(21,22)23/h3-7,10-11,15-16H,1-2H3/t10-,11-,15-,16-/m1/s1. The summed E-state index contributed by atoms with van der Waals surface area (Å²) in [7, 11) is 0. The fourth-order valence-corrected chi connectivity index (χ4v) is 4.78. The maximum atomic E-state index is 13.1. The lowest BCUT2D eigenvalue weighted by atomic mass is 9.85. The molecule has 1 aliphatic heterocycles. The minimum Gasteiger partial charge on any atom is -0.274 e. The third-order valence-electron chi connectivity index (χ3n) is 5.51. The van der Waals surface area contributed by atoms with Crippen LogP contribution in [0.1, 0.15) is 19.4 Å². The van der Waals surface area contributed by atoms with E-state index in [9.17, 15) is 22.8 Å². The van der Waals surface area contributed by atoms with Gasteiger partial charge in [-0.2, -0.15) is 13.2 Å². The number of allylic oxidation sites excluding steroid dienone is 4. The Morgan fingerprint density at radius 1 is 1.04 bits per heavy atom. The number of anilines is 1. The van der Waals surface area contributed by atoms with Gasteiger partial charge in [-0.3, -0.25) is 9.59 Å². The Morgan fingerprint density at radius 3 is 2.04 bits per heavy atom. The van der Waals surface area contributed by atoms with Gasteiger partial charge in [-0.15, -0.1) is 0 Å². The summed E-state index contributed by atoms with van der Waals surface area (Å²) < 4.78 is 39.4. The summed E-state index contributed by atoms with van der Waals surface area (Å²) in [5.74, 6) is -2.24. The third-order valence-corrected chi connectivity index (χ3v) is 5.84. The van der Waals surface area contributed by atoms with E-state index in [2.05, 4.69) is 0 Å². The van der Waals surface area contributed by atoms with E-state index in [1.807, 2.05) is 26.0 Å². The van der Waals surface area contributed by atoms with Crippen LogP contribution >= 0.6 is 11.6 Å². The van der Waals surface area contributed by atoms with Crippen LogP contribution in [0.15, 0.2) is 41.5 Å². The smallest absolute Gasteiger partial charge is 0.274 e. The molecule has 3 aliphatic rings. The Morgan fingerprint density at radius 2 is 1.58 bits per heavy atom. The summed E-state index contributed by atoms with van der Waals surface area (Å²) >= 11 is 5.64. The Kier molecular flexibility index (Phi) is 3.64. The molecule has 3 nitrogen and oxygen atoms in total. The van der Waals surface area contributed by atoms with E-state index in [1.54, 1.807) is 0 Å². The number of imide groups is 1. The van der Waals surface area contributed by atoms with Crippen LogP contribution in [-0.4, -0.2) is 11.8 Å². The van der Waals surface area contributed by atoms with Crippen molar-refractivity contribution in [1.29, 1.82) is 0 Å². The number of hydrogen-bond donors (Lipinski definition) is 0. The lowest BCUT2D eigenvalue weighted by Crippen LogP contribution is -2.33. The van der Waals surface area contributed by atoms with Crippen LogP contribution in [0.2, 0.25) is 5.02 Å². The van der Waals surface area contributed by atoms with Crippen molar-refractivity contribution in [1.82, 2.24) is 0 Å². The fourth-order valence-electron chi connectivity index (χ4n) is 4.55. The van der Waals surface area contributed by atoms with Crippen LogP contribution in [-0.2, 0) is 15.8 Å². The molecule has 0 aromatic heterocycles. The van der Waals surface area contributed by atoms with Crippen LogP contribution in [0.25, 0.3) is 0 Å². The molecule has 0 spiro atoms.